The third-order valence-electron chi connectivity index (χ3n) is 6.11. The Balaban J connectivity index is 1.24. The predicted molar refractivity (Wildman–Crippen MR) is 140 cm³/mol. The highest BCUT2D eigenvalue weighted by Gasteiger charge is 2.22. The van der Waals surface area contributed by atoms with Crippen LogP contribution in [0.25, 0.3) is 10.7 Å². The van der Waals surface area contributed by atoms with Crippen molar-refractivity contribution in [1.29, 1.82) is 0 Å². The number of hydrogen-bond acceptors (Lipinski definition) is 11. The molecule has 36 heavy (non-hydrogen) atoms. The number of carbonyl (C=O) groups excluding carboxylic acids is 1. The largest absolute Gasteiger partial charge is 0.397 e. The molecule has 0 bridgehead atoms. The van der Waals surface area contributed by atoms with Crippen LogP contribution in [0.1, 0.15) is 28.2 Å². The van der Waals surface area contributed by atoms with E-state index in [0.29, 0.717) is 12.5 Å². The number of hydrogen-bond donors (Lipinski definition) is 6. The third kappa shape index (κ3) is 6.66. The maximum Gasteiger partial charge on any atom is 0.270 e. The first-order valence-electron chi connectivity index (χ1n) is 11.9. The molecule has 1 saturated heterocycles. The molecule has 3 aromatic rings. The van der Waals surface area contributed by atoms with Gasteiger partial charge in [-0.25, -0.2) is 9.97 Å². The molecule has 4 heterocycles. The lowest BCUT2D eigenvalue weighted by Crippen LogP contribution is -2.38. The Hall–Kier alpha value is -3.32. The van der Waals surface area contributed by atoms with Crippen molar-refractivity contribution in [3.63, 3.8) is 0 Å². The average molecular weight is 513 g/mol. The minimum absolute atomic E-state index is 0.0305. The van der Waals surface area contributed by atoms with Gasteiger partial charge in [0.2, 0.25) is 0 Å². The van der Waals surface area contributed by atoms with Crippen molar-refractivity contribution in [1.82, 2.24) is 25.2 Å². The lowest BCUT2D eigenvalue weighted by molar-refractivity contribution is 0.0930. The second-order valence-corrected chi connectivity index (χ2v) is 9.97. The maximum absolute atomic E-state index is 12.7. The van der Waals surface area contributed by atoms with Crippen LogP contribution in [0.4, 0.5) is 17.2 Å². The summed E-state index contributed by atoms with van der Waals surface area (Å²) in [5, 5.41) is 25.2. The number of nitrogens with one attached hydrogen (secondary N) is 2. The Bertz CT molecular complexity index is 1150. The number of amides is 1. The predicted octanol–water partition coefficient (Wildman–Crippen LogP) is 1.17. The molecule has 192 valence electrons. The molecule has 0 aromatic carbocycles. The lowest BCUT2D eigenvalue weighted by atomic mass is 9.96. The summed E-state index contributed by atoms with van der Waals surface area (Å²) in [6.07, 6.45) is 4.69. The molecular weight excluding hydrogens is 480 g/mol. The van der Waals surface area contributed by atoms with Crippen LogP contribution in [-0.2, 0) is 6.54 Å². The van der Waals surface area contributed by atoms with Crippen molar-refractivity contribution in [3.05, 3.63) is 47.2 Å². The van der Waals surface area contributed by atoms with Gasteiger partial charge in [0.1, 0.15) is 10.7 Å². The third-order valence-corrected chi connectivity index (χ3v) is 7.12. The zero-order chi connectivity index (χ0) is 25.5. The number of nitrogens with two attached hydrogens (primary N) is 2. The first-order valence-corrected chi connectivity index (χ1v) is 12.7. The molecule has 4 rings (SSSR count). The van der Waals surface area contributed by atoms with Gasteiger partial charge in [0.25, 0.3) is 5.91 Å². The summed E-state index contributed by atoms with van der Waals surface area (Å²) in [6, 6.07) is 7.27. The molecule has 11 nitrogen and oxygen atoms in total. The van der Waals surface area contributed by atoms with E-state index < -0.39 is 12.7 Å². The van der Waals surface area contributed by atoms with Crippen molar-refractivity contribution in [2.24, 2.45) is 5.92 Å². The number of aliphatic hydroxyl groups excluding tert-OH is 2. The molecule has 12 heteroatoms. The Kier molecular flexibility index (Phi) is 8.65. The molecule has 8 N–H and O–H groups in total. The topological polar surface area (TPSA) is 176 Å². The lowest BCUT2D eigenvalue weighted by Gasteiger charge is -2.31. The highest BCUT2D eigenvalue weighted by Crippen LogP contribution is 2.26. The molecule has 0 unspecified atom stereocenters. The van der Waals surface area contributed by atoms with E-state index in [1.807, 2.05) is 24.4 Å². The Morgan fingerprint density at radius 2 is 2.06 bits per heavy atom. The minimum atomic E-state index is -0.977. The SMILES string of the molecule is Nc1cc(C(=O)NCC2CCN(Cc3cnc(-c4ccccn4)s3)CC2)nc(NC[C@@H](O)CO)c1N. The van der Waals surface area contributed by atoms with Gasteiger partial charge >= 0.3 is 0 Å². The molecule has 3 aromatic heterocycles. The fourth-order valence-corrected chi connectivity index (χ4v) is 4.92. The van der Waals surface area contributed by atoms with Crippen LogP contribution >= 0.6 is 11.3 Å². The van der Waals surface area contributed by atoms with E-state index in [2.05, 4.69) is 30.5 Å². The highest BCUT2D eigenvalue weighted by atomic mass is 32.1. The number of aliphatic hydroxyl groups is 2. The number of pyridine rings is 2. The van der Waals surface area contributed by atoms with E-state index >= 15 is 0 Å². The maximum atomic E-state index is 12.7. The molecule has 1 aliphatic rings. The number of thiazole rings is 1. The first kappa shape index (κ1) is 25.8. The molecule has 1 fully saturated rings. The van der Waals surface area contributed by atoms with Gasteiger partial charge in [-0.3, -0.25) is 14.7 Å². The van der Waals surface area contributed by atoms with Crippen molar-refractivity contribution in [3.8, 4) is 10.7 Å². The van der Waals surface area contributed by atoms with Gasteiger partial charge < -0.3 is 32.3 Å². The van der Waals surface area contributed by atoms with Gasteiger partial charge in [-0.15, -0.1) is 11.3 Å². The number of rotatable bonds is 10. The highest BCUT2D eigenvalue weighted by molar-refractivity contribution is 7.14. The summed E-state index contributed by atoms with van der Waals surface area (Å²) in [5.74, 6) is 0.246. The Morgan fingerprint density at radius 1 is 1.25 bits per heavy atom. The normalized spacial score (nSPS) is 15.5. The summed E-state index contributed by atoms with van der Waals surface area (Å²) in [4.78, 5) is 29.5. The van der Waals surface area contributed by atoms with Crippen LogP contribution in [-0.4, -0.2) is 74.9 Å². The van der Waals surface area contributed by atoms with Crippen LogP contribution in [0.3, 0.4) is 0 Å². The van der Waals surface area contributed by atoms with E-state index in [1.54, 1.807) is 17.5 Å². The van der Waals surface area contributed by atoms with E-state index in [0.717, 1.165) is 43.2 Å². The van der Waals surface area contributed by atoms with Crippen molar-refractivity contribution in [2.75, 3.05) is 49.6 Å². The van der Waals surface area contributed by atoms with Gasteiger partial charge in [0.15, 0.2) is 5.82 Å². The van der Waals surface area contributed by atoms with Crippen LogP contribution in [0.15, 0.2) is 36.7 Å². The molecule has 1 aliphatic heterocycles. The van der Waals surface area contributed by atoms with Crippen LogP contribution < -0.4 is 22.1 Å². The monoisotopic (exact) mass is 512 g/mol. The van der Waals surface area contributed by atoms with Gasteiger partial charge in [0, 0.05) is 36.9 Å². The number of aromatic nitrogens is 3. The molecular formula is C24H32N8O3S. The van der Waals surface area contributed by atoms with E-state index in [9.17, 15) is 9.90 Å². The number of nitrogens with zero attached hydrogens (tertiary/aromatic N) is 4. The van der Waals surface area contributed by atoms with Crippen LogP contribution in [0, 0.1) is 5.92 Å². The van der Waals surface area contributed by atoms with E-state index in [-0.39, 0.29) is 35.3 Å². The average Bonchev–Trinajstić information content (AvgIpc) is 3.37. The summed E-state index contributed by atoms with van der Waals surface area (Å²) >= 11 is 1.67. The fraction of sp³-hybridized carbons (Fsp3) is 0.417. The van der Waals surface area contributed by atoms with Gasteiger partial charge in [0.05, 0.1) is 29.8 Å². The number of carbonyl (C=O) groups is 1. The summed E-state index contributed by atoms with van der Waals surface area (Å²) < 4.78 is 0. The summed E-state index contributed by atoms with van der Waals surface area (Å²) in [5.41, 5.74) is 13.3. The first-order chi connectivity index (χ1) is 17.4. The molecule has 0 radical (unpaired) electrons. The Labute approximate surface area is 213 Å². The fourth-order valence-electron chi connectivity index (χ4n) is 3.99. The quantitative estimate of drug-likeness (QED) is 0.231. The number of likely N-dealkylation sites (tertiary alicyclic amines) is 1. The number of nitrogen functional groups attached to an aromatic ring is 2. The van der Waals surface area contributed by atoms with Crippen molar-refractivity contribution in [2.45, 2.75) is 25.5 Å². The van der Waals surface area contributed by atoms with Gasteiger partial charge in [-0.05, 0) is 50.0 Å². The van der Waals surface area contributed by atoms with E-state index in [4.69, 9.17) is 16.6 Å². The molecule has 0 spiro atoms. The molecule has 1 amide bonds. The summed E-state index contributed by atoms with van der Waals surface area (Å²) in [7, 11) is 0. The smallest absolute Gasteiger partial charge is 0.270 e. The number of anilines is 3. The standard InChI is InChI=1S/C24H32N8O3S/c25-18-9-20(31-22(21(18)26)28-11-16(34)14-33)23(35)29-10-15-4-7-32(8-5-15)13-17-12-30-24(36-17)19-3-1-2-6-27-19/h1-3,6,9,12,15-16,33-34H,4-5,7-8,10-11,13-14,26H2,(H,29,35)(H3,25,28,31)/t16-/m1/s1. The van der Waals surface area contributed by atoms with Crippen LogP contribution in [0.2, 0.25) is 0 Å². The molecule has 1 atom stereocenters. The molecule has 0 saturated carbocycles. The minimum Gasteiger partial charge on any atom is -0.397 e. The van der Waals surface area contributed by atoms with Gasteiger partial charge in [-0.2, -0.15) is 0 Å². The zero-order valence-electron chi connectivity index (χ0n) is 19.9. The second kappa shape index (κ2) is 12.1. The zero-order valence-corrected chi connectivity index (χ0v) is 20.7. The van der Waals surface area contributed by atoms with Crippen molar-refractivity contribution >= 4 is 34.4 Å². The Morgan fingerprint density at radius 3 is 2.78 bits per heavy atom. The van der Waals surface area contributed by atoms with Gasteiger partial charge in [-0.1, -0.05) is 6.07 Å². The summed E-state index contributed by atoms with van der Waals surface area (Å²) in [6.45, 7) is 2.94. The van der Waals surface area contributed by atoms with Crippen molar-refractivity contribution < 1.29 is 15.0 Å². The molecule has 0 aliphatic carbocycles. The second-order valence-electron chi connectivity index (χ2n) is 8.85. The number of piperidine rings is 1. The van der Waals surface area contributed by atoms with E-state index in [1.165, 1.54) is 10.9 Å². The van der Waals surface area contributed by atoms with Crippen LogP contribution in [0.5, 0.6) is 0 Å².